The summed E-state index contributed by atoms with van der Waals surface area (Å²) in [6.07, 6.45) is 2.56. The van der Waals surface area contributed by atoms with E-state index in [4.69, 9.17) is 17.0 Å². The van der Waals surface area contributed by atoms with Crippen molar-refractivity contribution in [2.24, 2.45) is 10.9 Å². The molecule has 34 heavy (non-hydrogen) atoms. The van der Waals surface area contributed by atoms with E-state index >= 15 is 0 Å². The maximum absolute atomic E-state index is 12.5. The number of amides is 1. The molecule has 9 N–H and O–H groups in total. The minimum atomic E-state index is -1.21. The smallest absolute Gasteiger partial charge is 0.326 e. The molecule has 0 saturated heterocycles. The van der Waals surface area contributed by atoms with Crippen molar-refractivity contribution in [1.82, 2.24) is 25.3 Å². The quantitative estimate of drug-likeness (QED) is 0.118. The lowest BCUT2D eigenvalue weighted by Crippen LogP contribution is -2.41. The first-order valence-corrected chi connectivity index (χ1v) is 9.97. The van der Waals surface area contributed by atoms with Crippen LogP contribution >= 0.6 is 0 Å². The molecule has 0 aliphatic carbocycles. The van der Waals surface area contributed by atoms with Gasteiger partial charge in [-0.05, 0) is 37.1 Å². The van der Waals surface area contributed by atoms with Gasteiger partial charge >= 0.3 is 5.97 Å². The summed E-state index contributed by atoms with van der Waals surface area (Å²) < 4.78 is 0. The van der Waals surface area contributed by atoms with E-state index in [1.807, 2.05) is 0 Å². The van der Waals surface area contributed by atoms with E-state index in [1.54, 1.807) is 12.1 Å². The highest BCUT2D eigenvalue weighted by Crippen LogP contribution is 2.12. The number of anilines is 2. The molecule has 2 heterocycles. The van der Waals surface area contributed by atoms with Gasteiger partial charge in [0.25, 0.3) is 11.5 Å². The van der Waals surface area contributed by atoms with Crippen molar-refractivity contribution in [2.45, 2.75) is 25.4 Å². The van der Waals surface area contributed by atoms with E-state index in [0.717, 1.165) is 6.21 Å². The molecule has 3 aromatic rings. The van der Waals surface area contributed by atoms with Crippen molar-refractivity contribution in [3.8, 4) is 0 Å². The van der Waals surface area contributed by atoms with Gasteiger partial charge in [0.1, 0.15) is 6.04 Å². The van der Waals surface area contributed by atoms with Crippen LogP contribution in [0.25, 0.3) is 11.2 Å². The number of rotatable bonds is 10. The number of hydrazone groups is 1. The largest absolute Gasteiger partial charge is 0.480 e. The standard InChI is InChI=1S/C20H22N10O4/c21-7-12(30-23)5-6-14(19(33)34)27-17(31)10-1-3-11(4-2-10)24-8-13-9-25-16-15(26-13)18(32)29-20(22)28-16/h1-4,7,9,14,21,24H,5-6,8,23H2,(H,27,31)(H,33,34)(H3,22,25,28,29,32)/t14-/m0/s1. The minimum Gasteiger partial charge on any atom is -0.480 e. The Morgan fingerprint density at radius 2 is 2.00 bits per heavy atom. The maximum Gasteiger partial charge on any atom is 0.326 e. The van der Waals surface area contributed by atoms with Crippen LogP contribution < -0.4 is 27.8 Å². The molecule has 2 aromatic heterocycles. The molecule has 14 nitrogen and oxygen atoms in total. The number of nitrogens with one attached hydrogen (secondary N) is 4. The summed E-state index contributed by atoms with van der Waals surface area (Å²) in [4.78, 5) is 50.5. The van der Waals surface area contributed by atoms with E-state index in [-0.39, 0.29) is 47.8 Å². The Balaban J connectivity index is 1.61. The number of nitrogen functional groups attached to an aromatic ring is 1. The Morgan fingerprint density at radius 1 is 1.26 bits per heavy atom. The molecular weight excluding hydrogens is 444 g/mol. The lowest BCUT2D eigenvalue weighted by molar-refractivity contribution is -0.139. The van der Waals surface area contributed by atoms with Gasteiger partial charge in [-0.3, -0.25) is 14.6 Å². The highest BCUT2D eigenvalue weighted by Gasteiger charge is 2.21. The van der Waals surface area contributed by atoms with Gasteiger partial charge in [-0.1, -0.05) is 0 Å². The lowest BCUT2D eigenvalue weighted by atomic mass is 10.1. The molecule has 3 rings (SSSR count). The van der Waals surface area contributed by atoms with E-state index in [1.165, 1.54) is 18.3 Å². The molecule has 1 aromatic carbocycles. The first-order valence-electron chi connectivity index (χ1n) is 9.97. The summed E-state index contributed by atoms with van der Waals surface area (Å²) in [5.41, 5.74) is 6.84. The number of hydrogen-bond acceptors (Lipinski definition) is 11. The third kappa shape index (κ3) is 5.87. The fourth-order valence-corrected chi connectivity index (χ4v) is 2.95. The van der Waals surface area contributed by atoms with Crippen molar-refractivity contribution >= 4 is 46.6 Å². The van der Waals surface area contributed by atoms with Gasteiger partial charge in [-0.15, -0.1) is 0 Å². The molecule has 1 amide bonds. The molecule has 0 aliphatic rings. The maximum atomic E-state index is 12.5. The summed E-state index contributed by atoms with van der Waals surface area (Å²) in [5.74, 6) is 3.30. The Morgan fingerprint density at radius 3 is 2.65 bits per heavy atom. The van der Waals surface area contributed by atoms with Crippen LogP contribution in [0, 0.1) is 5.41 Å². The second-order valence-corrected chi connectivity index (χ2v) is 7.08. The molecule has 0 unspecified atom stereocenters. The number of H-pyrrole nitrogens is 1. The van der Waals surface area contributed by atoms with Gasteiger partial charge in [-0.2, -0.15) is 10.1 Å². The summed E-state index contributed by atoms with van der Waals surface area (Å²) >= 11 is 0. The Labute approximate surface area is 192 Å². The number of aromatic nitrogens is 4. The highest BCUT2D eigenvalue weighted by molar-refractivity contribution is 6.29. The summed E-state index contributed by atoms with van der Waals surface area (Å²) in [6, 6.07) is 5.18. The van der Waals surface area contributed by atoms with Crippen LogP contribution in [-0.2, 0) is 11.3 Å². The monoisotopic (exact) mass is 466 g/mol. The second kappa shape index (κ2) is 10.6. The second-order valence-electron chi connectivity index (χ2n) is 7.08. The number of aromatic amines is 1. The molecule has 176 valence electrons. The van der Waals surface area contributed by atoms with Crippen LogP contribution in [-0.4, -0.2) is 54.9 Å². The van der Waals surface area contributed by atoms with E-state index in [9.17, 15) is 19.5 Å². The first kappa shape index (κ1) is 23.8. The van der Waals surface area contributed by atoms with Crippen molar-refractivity contribution in [3.05, 3.63) is 52.1 Å². The number of carboxylic acid groups (broad SMARTS) is 1. The van der Waals surface area contributed by atoms with Crippen molar-refractivity contribution < 1.29 is 14.7 Å². The number of carboxylic acids is 1. The van der Waals surface area contributed by atoms with Crippen LogP contribution in [0.1, 0.15) is 28.9 Å². The third-order valence-corrected chi connectivity index (χ3v) is 4.73. The average Bonchev–Trinajstić information content (AvgIpc) is 2.82. The van der Waals surface area contributed by atoms with Gasteiger partial charge in [0.05, 0.1) is 24.1 Å². The number of nitrogens with zero attached hydrogens (tertiary/aromatic N) is 4. The molecule has 14 heteroatoms. The number of aliphatic carboxylic acids is 1. The lowest BCUT2D eigenvalue weighted by Gasteiger charge is -2.14. The number of carbonyl (C=O) groups excluding carboxylic acids is 1. The van der Waals surface area contributed by atoms with Crippen molar-refractivity contribution in [3.63, 3.8) is 0 Å². The van der Waals surface area contributed by atoms with Gasteiger partial charge in [0, 0.05) is 17.5 Å². The molecular formula is C20H22N10O4. The number of nitrogens with two attached hydrogens (primary N) is 2. The fraction of sp³-hybridized carbons (Fsp3) is 0.200. The molecule has 0 spiro atoms. The van der Waals surface area contributed by atoms with Gasteiger partial charge in [-0.25, -0.2) is 14.8 Å². The molecule has 0 radical (unpaired) electrons. The summed E-state index contributed by atoms with van der Waals surface area (Å²) in [5, 5.41) is 25.4. The van der Waals surface area contributed by atoms with Crippen LogP contribution in [0.15, 0.2) is 40.4 Å². The first-order chi connectivity index (χ1) is 16.3. The zero-order valence-electron chi connectivity index (χ0n) is 17.8. The zero-order chi connectivity index (χ0) is 24.7. The minimum absolute atomic E-state index is 0.0316. The summed E-state index contributed by atoms with van der Waals surface area (Å²) in [7, 11) is 0. The fourth-order valence-electron chi connectivity index (χ4n) is 2.95. The average molecular weight is 466 g/mol. The molecule has 0 bridgehead atoms. The normalized spacial score (nSPS) is 12.2. The predicted molar refractivity (Wildman–Crippen MR) is 125 cm³/mol. The van der Waals surface area contributed by atoms with E-state index < -0.39 is 23.5 Å². The van der Waals surface area contributed by atoms with Crippen LogP contribution in [0.5, 0.6) is 0 Å². The van der Waals surface area contributed by atoms with Crippen LogP contribution in [0.3, 0.4) is 0 Å². The Kier molecular flexibility index (Phi) is 7.43. The number of hydrogen-bond donors (Lipinski definition) is 7. The van der Waals surface area contributed by atoms with Crippen molar-refractivity contribution in [1.29, 1.82) is 5.41 Å². The third-order valence-electron chi connectivity index (χ3n) is 4.73. The van der Waals surface area contributed by atoms with Crippen LogP contribution in [0.4, 0.5) is 11.6 Å². The SMILES string of the molecule is N=CC(CC[C@H](NC(=O)c1ccc(NCc2cnc3nc(N)[nH]c(=O)c3n2)cc1)C(=O)O)=NN. The number of benzene rings is 1. The molecule has 0 saturated carbocycles. The van der Waals surface area contributed by atoms with E-state index in [2.05, 4.69) is 35.7 Å². The van der Waals surface area contributed by atoms with Gasteiger partial charge in [0.15, 0.2) is 11.2 Å². The van der Waals surface area contributed by atoms with Crippen molar-refractivity contribution in [2.75, 3.05) is 11.1 Å². The number of fused-ring (bicyclic) bond motifs is 1. The molecule has 0 fully saturated rings. The molecule has 0 aliphatic heterocycles. The van der Waals surface area contributed by atoms with E-state index in [0.29, 0.717) is 11.4 Å². The molecule has 1 atom stereocenters. The zero-order valence-corrected chi connectivity index (χ0v) is 17.8. The van der Waals surface area contributed by atoms with Gasteiger partial charge in [0.2, 0.25) is 5.95 Å². The van der Waals surface area contributed by atoms with Gasteiger partial charge < -0.3 is 32.7 Å². The number of carbonyl (C=O) groups is 2. The Bertz CT molecular complexity index is 1300. The Hall–Kier alpha value is -4.88. The van der Waals surface area contributed by atoms with Crippen LogP contribution in [0.2, 0.25) is 0 Å². The summed E-state index contributed by atoms with van der Waals surface area (Å²) in [6.45, 7) is 0.247. The highest BCUT2D eigenvalue weighted by atomic mass is 16.4. The predicted octanol–water partition coefficient (Wildman–Crippen LogP) is -0.165. The topological polar surface area (TPSA) is 238 Å².